The molecule has 5 heteroatoms. The second kappa shape index (κ2) is 5.05. The van der Waals surface area contributed by atoms with Crippen molar-refractivity contribution in [1.82, 2.24) is 4.98 Å². The zero-order valence-electron chi connectivity index (χ0n) is 9.21. The molecule has 0 fully saturated rings. The van der Waals surface area contributed by atoms with E-state index in [0.29, 0.717) is 16.5 Å². The highest BCUT2D eigenvalue weighted by Crippen LogP contribution is 2.21. The number of aryl methyl sites for hydroxylation is 1. The van der Waals surface area contributed by atoms with Gasteiger partial charge in [-0.3, -0.25) is 0 Å². The Bertz CT molecular complexity index is 519. The lowest BCUT2D eigenvalue weighted by Gasteiger charge is -1.99. The molecule has 0 aliphatic rings. The van der Waals surface area contributed by atoms with E-state index in [2.05, 4.69) is 4.98 Å². The summed E-state index contributed by atoms with van der Waals surface area (Å²) < 4.78 is 5.21. The van der Waals surface area contributed by atoms with Crippen molar-refractivity contribution in [3.05, 3.63) is 47.3 Å². The van der Waals surface area contributed by atoms with Gasteiger partial charge in [0.1, 0.15) is 6.26 Å². The van der Waals surface area contributed by atoms with E-state index < -0.39 is 5.97 Å². The fourth-order valence-electron chi connectivity index (χ4n) is 1.29. The van der Waals surface area contributed by atoms with Crippen LogP contribution in [-0.2, 0) is 5.75 Å². The number of aromatic carboxylic acids is 1. The van der Waals surface area contributed by atoms with Crippen LogP contribution in [-0.4, -0.2) is 16.1 Å². The van der Waals surface area contributed by atoms with Crippen molar-refractivity contribution in [2.45, 2.75) is 17.9 Å². The summed E-state index contributed by atoms with van der Waals surface area (Å²) in [4.78, 5) is 14.8. The molecule has 1 aromatic heterocycles. The largest absolute Gasteiger partial charge is 0.478 e. The van der Waals surface area contributed by atoms with Crippen LogP contribution in [0.25, 0.3) is 0 Å². The van der Waals surface area contributed by atoms with Gasteiger partial charge in [-0.15, -0.1) is 0 Å². The number of carboxylic acid groups (broad SMARTS) is 1. The smallest absolute Gasteiger partial charge is 0.335 e. The molecule has 0 saturated carbocycles. The van der Waals surface area contributed by atoms with Crippen LogP contribution in [0, 0.1) is 6.92 Å². The Balaban J connectivity index is 1.97. The minimum Gasteiger partial charge on any atom is -0.478 e. The highest BCUT2D eigenvalue weighted by atomic mass is 32.2. The van der Waals surface area contributed by atoms with Crippen LogP contribution < -0.4 is 0 Å². The molecule has 0 amide bonds. The maximum atomic E-state index is 10.7. The number of carboxylic acids is 1. The first kappa shape index (κ1) is 11.7. The van der Waals surface area contributed by atoms with Gasteiger partial charge in [-0.1, -0.05) is 23.9 Å². The quantitative estimate of drug-likeness (QED) is 0.844. The van der Waals surface area contributed by atoms with E-state index in [1.165, 1.54) is 11.8 Å². The predicted octanol–water partition coefficient (Wildman–Crippen LogP) is 2.97. The van der Waals surface area contributed by atoms with Crippen LogP contribution in [0.1, 0.15) is 21.6 Å². The highest BCUT2D eigenvalue weighted by molar-refractivity contribution is 7.98. The Labute approximate surface area is 103 Å². The van der Waals surface area contributed by atoms with Crippen molar-refractivity contribution >= 4 is 17.7 Å². The maximum Gasteiger partial charge on any atom is 0.335 e. The molecule has 2 aromatic rings. The normalized spacial score (nSPS) is 10.4. The zero-order chi connectivity index (χ0) is 12.3. The second-order valence-corrected chi connectivity index (χ2v) is 4.47. The van der Waals surface area contributed by atoms with Crippen molar-refractivity contribution < 1.29 is 14.3 Å². The molecule has 88 valence electrons. The van der Waals surface area contributed by atoms with Crippen LogP contribution in [0.3, 0.4) is 0 Å². The third-order valence-corrected chi connectivity index (χ3v) is 3.07. The summed E-state index contributed by atoms with van der Waals surface area (Å²) in [6, 6.07) is 6.79. The number of hydrogen-bond acceptors (Lipinski definition) is 4. The summed E-state index contributed by atoms with van der Waals surface area (Å²) in [6.45, 7) is 1.87. The van der Waals surface area contributed by atoms with Gasteiger partial charge in [-0.2, -0.15) is 0 Å². The molecular formula is C12H11NO3S. The van der Waals surface area contributed by atoms with Crippen LogP contribution in [0.4, 0.5) is 0 Å². The van der Waals surface area contributed by atoms with E-state index in [-0.39, 0.29) is 0 Å². The fourth-order valence-corrected chi connectivity index (χ4v) is 2.09. The molecular weight excluding hydrogens is 238 g/mol. The molecule has 0 radical (unpaired) electrons. The first-order valence-corrected chi connectivity index (χ1v) is 6.01. The molecule has 1 heterocycles. The van der Waals surface area contributed by atoms with Crippen LogP contribution >= 0.6 is 11.8 Å². The summed E-state index contributed by atoms with van der Waals surface area (Å²) in [6.07, 6.45) is 1.61. The van der Waals surface area contributed by atoms with Gasteiger partial charge in [0, 0.05) is 5.75 Å². The lowest BCUT2D eigenvalue weighted by molar-refractivity contribution is 0.0697. The van der Waals surface area contributed by atoms with E-state index in [1.54, 1.807) is 30.5 Å². The SMILES string of the molecule is Cc1coc(SCc2ccc(C(=O)O)cc2)n1. The highest BCUT2D eigenvalue weighted by Gasteiger charge is 2.04. The number of oxazole rings is 1. The van der Waals surface area contributed by atoms with Gasteiger partial charge in [0.15, 0.2) is 0 Å². The monoisotopic (exact) mass is 249 g/mol. The molecule has 17 heavy (non-hydrogen) atoms. The summed E-state index contributed by atoms with van der Waals surface area (Å²) in [5, 5.41) is 9.39. The summed E-state index contributed by atoms with van der Waals surface area (Å²) in [7, 11) is 0. The van der Waals surface area contributed by atoms with Gasteiger partial charge in [0.05, 0.1) is 11.3 Å². The van der Waals surface area contributed by atoms with Crippen molar-refractivity contribution in [3.8, 4) is 0 Å². The van der Waals surface area contributed by atoms with Crippen molar-refractivity contribution in [2.24, 2.45) is 0 Å². The Morgan fingerprint density at radius 1 is 1.41 bits per heavy atom. The number of rotatable bonds is 4. The lowest BCUT2D eigenvalue weighted by Crippen LogP contribution is -1.95. The van der Waals surface area contributed by atoms with Crippen LogP contribution in [0.15, 0.2) is 40.2 Å². The average molecular weight is 249 g/mol. The zero-order valence-corrected chi connectivity index (χ0v) is 10.0. The Kier molecular flexibility index (Phi) is 3.49. The van der Waals surface area contributed by atoms with E-state index in [1.807, 2.05) is 6.92 Å². The van der Waals surface area contributed by atoms with Crippen molar-refractivity contribution in [1.29, 1.82) is 0 Å². The molecule has 0 unspecified atom stereocenters. The summed E-state index contributed by atoms with van der Waals surface area (Å²) in [5.41, 5.74) is 2.19. The van der Waals surface area contributed by atoms with Crippen LogP contribution in [0.2, 0.25) is 0 Å². The lowest BCUT2D eigenvalue weighted by atomic mass is 10.1. The number of benzene rings is 1. The van der Waals surface area contributed by atoms with E-state index in [9.17, 15) is 4.79 Å². The van der Waals surface area contributed by atoms with E-state index in [0.717, 1.165) is 11.3 Å². The van der Waals surface area contributed by atoms with Crippen molar-refractivity contribution in [2.75, 3.05) is 0 Å². The van der Waals surface area contributed by atoms with Gasteiger partial charge >= 0.3 is 5.97 Å². The number of carbonyl (C=O) groups is 1. The first-order chi connectivity index (χ1) is 8.15. The predicted molar refractivity (Wildman–Crippen MR) is 64.2 cm³/mol. The number of hydrogen-bond donors (Lipinski definition) is 1. The molecule has 1 aromatic carbocycles. The number of aromatic nitrogens is 1. The molecule has 0 bridgehead atoms. The first-order valence-electron chi connectivity index (χ1n) is 5.02. The Hall–Kier alpha value is -1.75. The fraction of sp³-hybridized carbons (Fsp3) is 0.167. The topological polar surface area (TPSA) is 63.3 Å². The third kappa shape index (κ3) is 3.10. The van der Waals surface area contributed by atoms with Gasteiger partial charge in [-0.05, 0) is 24.6 Å². The number of thioether (sulfide) groups is 1. The van der Waals surface area contributed by atoms with Crippen molar-refractivity contribution in [3.63, 3.8) is 0 Å². The van der Waals surface area contributed by atoms with E-state index >= 15 is 0 Å². The third-order valence-electron chi connectivity index (χ3n) is 2.16. The molecule has 0 atom stereocenters. The molecule has 1 N–H and O–H groups in total. The molecule has 4 nitrogen and oxygen atoms in total. The maximum absolute atomic E-state index is 10.7. The Morgan fingerprint density at radius 2 is 2.12 bits per heavy atom. The summed E-state index contributed by atoms with van der Waals surface area (Å²) in [5.74, 6) is -0.202. The molecule has 0 aliphatic carbocycles. The minimum atomic E-state index is -0.910. The Morgan fingerprint density at radius 3 is 2.65 bits per heavy atom. The standard InChI is InChI=1S/C12H11NO3S/c1-8-6-16-12(13-8)17-7-9-2-4-10(5-3-9)11(14)15/h2-6H,7H2,1H3,(H,14,15). The molecule has 0 spiro atoms. The van der Waals surface area contributed by atoms with Gasteiger partial charge in [-0.25, -0.2) is 9.78 Å². The summed E-state index contributed by atoms with van der Waals surface area (Å²) >= 11 is 1.48. The van der Waals surface area contributed by atoms with Gasteiger partial charge in [0.25, 0.3) is 5.22 Å². The minimum absolute atomic E-state index is 0.297. The molecule has 0 aliphatic heterocycles. The average Bonchev–Trinajstić information content (AvgIpc) is 2.73. The molecule has 0 saturated heterocycles. The van der Waals surface area contributed by atoms with Crippen LogP contribution in [0.5, 0.6) is 0 Å². The van der Waals surface area contributed by atoms with Gasteiger partial charge < -0.3 is 9.52 Å². The molecule has 2 rings (SSSR count). The number of nitrogens with zero attached hydrogens (tertiary/aromatic N) is 1. The van der Waals surface area contributed by atoms with Gasteiger partial charge in [0.2, 0.25) is 0 Å². The van der Waals surface area contributed by atoms with E-state index in [4.69, 9.17) is 9.52 Å². The second-order valence-electron chi connectivity index (χ2n) is 3.55.